The average Bonchev–Trinajstić information content (AvgIpc) is 2.74. The first-order chi connectivity index (χ1) is 7.25. The van der Waals surface area contributed by atoms with Crippen molar-refractivity contribution in [3.8, 4) is 0 Å². The average molecular weight is 211 g/mol. The first-order valence-electron chi connectivity index (χ1n) is 6.64. The molecule has 2 rings (SSSR count). The van der Waals surface area contributed by atoms with Gasteiger partial charge in [-0.1, -0.05) is 12.8 Å². The molecule has 0 heterocycles. The Balaban J connectivity index is 1.71. The van der Waals surface area contributed by atoms with Crippen LogP contribution in [0.3, 0.4) is 0 Å². The number of aliphatic hydroxyl groups is 1. The predicted octanol–water partition coefficient (Wildman–Crippen LogP) is 2.41. The van der Waals surface area contributed by atoms with Crippen LogP contribution in [0.4, 0.5) is 0 Å². The minimum atomic E-state index is -0.00182. The Morgan fingerprint density at radius 1 is 1.00 bits per heavy atom. The van der Waals surface area contributed by atoms with Gasteiger partial charge in [0.15, 0.2) is 0 Å². The third kappa shape index (κ3) is 3.18. The van der Waals surface area contributed by atoms with Gasteiger partial charge >= 0.3 is 0 Å². The monoisotopic (exact) mass is 211 g/mol. The summed E-state index contributed by atoms with van der Waals surface area (Å²) < 4.78 is 0. The zero-order chi connectivity index (χ0) is 10.7. The molecule has 0 aromatic heterocycles. The lowest BCUT2D eigenvalue weighted by Gasteiger charge is -2.32. The molecular weight excluding hydrogens is 186 g/mol. The standard InChI is InChI=1S/C13H25NO/c1-14(12-4-2-3-5-12)10-11-6-8-13(15)9-7-11/h11-13,15H,2-10H2,1H3. The van der Waals surface area contributed by atoms with Crippen molar-refractivity contribution < 1.29 is 5.11 Å². The summed E-state index contributed by atoms with van der Waals surface area (Å²) in [7, 11) is 2.29. The van der Waals surface area contributed by atoms with Crippen LogP contribution in [0.25, 0.3) is 0 Å². The Bertz CT molecular complexity index is 181. The van der Waals surface area contributed by atoms with Gasteiger partial charge in [-0.3, -0.25) is 0 Å². The van der Waals surface area contributed by atoms with Crippen LogP contribution in [0.15, 0.2) is 0 Å². The SMILES string of the molecule is CN(CC1CCC(O)CC1)C1CCCC1. The molecule has 0 bridgehead atoms. The summed E-state index contributed by atoms with van der Waals surface area (Å²) in [4.78, 5) is 2.58. The molecular formula is C13H25NO. The second-order valence-electron chi connectivity index (χ2n) is 5.55. The molecule has 2 fully saturated rings. The first-order valence-corrected chi connectivity index (χ1v) is 6.64. The summed E-state index contributed by atoms with van der Waals surface area (Å²) in [5.74, 6) is 0.846. The van der Waals surface area contributed by atoms with Gasteiger partial charge in [0.25, 0.3) is 0 Å². The number of aliphatic hydroxyl groups excluding tert-OH is 1. The summed E-state index contributed by atoms with van der Waals surface area (Å²) in [6.45, 7) is 1.26. The second kappa shape index (κ2) is 5.31. The highest BCUT2D eigenvalue weighted by Crippen LogP contribution is 2.28. The van der Waals surface area contributed by atoms with E-state index in [1.165, 1.54) is 45.1 Å². The molecule has 2 saturated carbocycles. The molecule has 0 aromatic rings. The second-order valence-corrected chi connectivity index (χ2v) is 5.55. The third-order valence-electron chi connectivity index (χ3n) is 4.31. The van der Waals surface area contributed by atoms with Crippen LogP contribution in [0.1, 0.15) is 51.4 Å². The van der Waals surface area contributed by atoms with Gasteiger partial charge in [-0.25, -0.2) is 0 Å². The van der Waals surface area contributed by atoms with Crippen LogP contribution in [0, 0.1) is 5.92 Å². The molecule has 0 aliphatic heterocycles. The molecule has 2 heteroatoms. The molecule has 15 heavy (non-hydrogen) atoms. The smallest absolute Gasteiger partial charge is 0.0540 e. The predicted molar refractivity (Wildman–Crippen MR) is 62.9 cm³/mol. The quantitative estimate of drug-likeness (QED) is 0.775. The molecule has 0 atom stereocenters. The van der Waals surface area contributed by atoms with Crippen LogP contribution < -0.4 is 0 Å². The Morgan fingerprint density at radius 2 is 1.60 bits per heavy atom. The Morgan fingerprint density at radius 3 is 2.20 bits per heavy atom. The number of nitrogens with zero attached hydrogens (tertiary/aromatic N) is 1. The maximum absolute atomic E-state index is 9.46. The van der Waals surface area contributed by atoms with Gasteiger partial charge in [-0.2, -0.15) is 0 Å². The Labute approximate surface area is 93.7 Å². The van der Waals surface area contributed by atoms with Crippen molar-refractivity contribution in [2.75, 3.05) is 13.6 Å². The summed E-state index contributed by atoms with van der Waals surface area (Å²) in [5.41, 5.74) is 0. The van der Waals surface area contributed by atoms with Crippen LogP contribution in [0.2, 0.25) is 0 Å². The van der Waals surface area contributed by atoms with Crippen LogP contribution in [-0.2, 0) is 0 Å². The highest BCUT2D eigenvalue weighted by molar-refractivity contribution is 4.79. The van der Waals surface area contributed by atoms with E-state index in [2.05, 4.69) is 11.9 Å². The first kappa shape index (κ1) is 11.4. The minimum absolute atomic E-state index is 0.00182. The fourth-order valence-electron chi connectivity index (χ4n) is 3.23. The summed E-state index contributed by atoms with van der Waals surface area (Å²) >= 11 is 0. The number of hydrogen-bond acceptors (Lipinski definition) is 2. The molecule has 2 aliphatic rings. The van der Waals surface area contributed by atoms with E-state index in [4.69, 9.17) is 0 Å². The van der Waals surface area contributed by atoms with Crippen molar-refractivity contribution in [1.29, 1.82) is 0 Å². The summed E-state index contributed by atoms with van der Waals surface area (Å²) in [6, 6.07) is 0.858. The van der Waals surface area contributed by atoms with Gasteiger partial charge in [0.05, 0.1) is 6.10 Å². The van der Waals surface area contributed by atoms with Crippen molar-refractivity contribution >= 4 is 0 Å². The maximum Gasteiger partial charge on any atom is 0.0540 e. The molecule has 88 valence electrons. The molecule has 0 saturated heterocycles. The van der Waals surface area contributed by atoms with Crippen LogP contribution in [-0.4, -0.2) is 35.7 Å². The Hall–Kier alpha value is -0.0800. The van der Waals surface area contributed by atoms with Gasteiger partial charge in [0.1, 0.15) is 0 Å². The van der Waals surface area contributed by atoms with Crippen LogP contribution >= 0.6 is 0 Å². The topological polar surface area (TPSA) is 23.5 Å². The molecule has 0 unspecified atom stereocenters. The largest absolute Gasteiger partial charge is 0.393 e. The van der Waals surface area contributed by atoms with Gasteiger partial charge in [-0.05, 0) is 51.5 Å². The molecule has 2 aliphatic carbocycles. The Kier molecular flexibility index (Phi) is 4.04. The van der Waals surface area contributed by atoms with Crippen molar-refractivity contribution in [1.82, 2.24) is 4.90 Å². The fraction of sp³-hybridized carbons (Fsp3) is 1.00. The molecule has 0 radical (unpaired) electrons. The van der Waals surface area contributed by atoms with Crippen molar-refractivity contribution in [3.05, 3.63) is 0 Å². The summed E-state index contributed by atoms with van der Waals surface area (Å²) in [6.07, 6.45) is 10.2. The van der Waals surface area contributed by atoms with E-state index in [0.717, 1.165) is 24.8 Å². The van der Waals surface area contributed by atoms with Crippen LogP contribution in [0.5, 0.6) is 0 Å². The van der Waals surface area contributed by atoms with E-state index in [9.17, 15) is 5.11 Å². The zero-order valence-electron chi connectivity index (χ0n) is 9.99. The van der Waals surface area contributed by atoms with Crippen molar-refractivity contribution in [2.45, 2.75) is 63.5 Å². The zero-order valence-corrected chi connectivity index (χ0v) is 9.99. The number of hydrogen-bond donors (Lipinski definition) is 1. The molecule has 0 aromatic carbocycles. The van der Waals surface area contributed by atoms with E-state index in [1.54, 1.807) is 0 Å². The van der Waals surface area contributed by atoms with Crippen molar-refractivity contribution in [2.24, 2.45) is 5.92 Å². The van der Waals surface area contributed by atoms with Gasteiger partial charge in [-0.15, -0.1) is 0 Å². The lowest BCUT2D eigenvalue weighted by molar-refractivity contribution is 0.0912. The van der Waals surface area contributed by atoms with E-state index in [-0.39, 0.29) is 6.10 Å². The van der Waals surface area contributed by atoms with E-state index in [0.29, 0.717) is 0 Å². The normalized spacial score (nSPS) is 33.8. The van der Waals surface area contributed by atoms with E-state index >= 15 is 0 Å². The fourth-order valence-corrected chi connectivity index (χ4v) is 3.23. The highest BCUT2D eigenvalue weighted by Gasteiger charge is 2.24. The van der Waals surface area contributed by atoms with Gasteiger partial charge in [0, 0.05) is 12.6 Å². The lowest BCUT2D eigenvalue weighted by atomic mass is 9.87. The van der Waals surface area contributed by atoms with Crippen molar-refractivity contribution in [3.63, 3.8) is 0 Å². The maximum atomic E-state index is 9.46. The van der Waals surface area contributed by atoms with Gasteiger partial charge in [0.2, 0.25) is 0 Å². The molecule has 0 amide bonds. The summed E-state index contributed by atoms with van der Waals surface area (Å²) in [5, 5.41) is 9.46. The lowest BCUT2D eigenvalue weighted by Crippen LogP contribution is -2.35. The number of rotatable bonds is 3. The van der Waals surface area contributed by atoms with E-state index < -0.39 is 0 Å². The highest BCUT2D eigenvalue weighted by atomic mass is 16.3. The molecule has 1 N–H and O–H groups in total. The van der Waals surface area contributed by atoms with Gasteiger partial charge < -0.3 is 10.0 Å². The minimum Gasteiger partial charge on any atom is -0.393 e. The molecule has 0 spiro atoms. The van der Waals surface area contributed by atoms with E-state index in [1.807, 2.05) is 0 Å². The molecule has 2 nitrogen and oxygen atoms in total. The third-order valence-corrected chi connectivity index (χ3v) is 4.31.